The number of rotatable bonds is 2. The van der Waals surface area contributed by atoms with Crippen molar-refractivity contribution >= 4 is 21.5 Å². The van der Waals surface area contributed by atoms with E-state index in [4.69, 9.17) is 0 Å². The van der Waals surface area contributed by atoms with E-state index in [0.29, 0.717) is 0 Å². The standard InChI is InChI=1S/C9H12NP/c1-3-9-5-4-6-10(9)7-8(2)11/h3-7H,1,11H2,2H3/b8-7+. The summed E-state index contributed by atoms with van der Waals surface area (Å²) in [6.07, 6.45) is 5.89. The molecule has 1 aromatic rings. The van der Waals surface area contributed by atoms with E-state index in [9.17, 15) is 0 Å². The van der Waals surface area contributed by atoms with E-state index >= 15 is 0 Å². The minimum atomic E-state index is 1.12. The lowest BCUT2D eigenvalue weighted by Gasteiger charge is -1.98. The van der Waals surface area contributed by atoms with Gasteiger partial charge in [0.15, 0.2) is 0 Å². The smallest absolute Gasteiger partial charge is 0.0444 e. The summed E-state index contributed by atoms with van der Waals surface area (Å²) in [4.78, 5) is 0. The minimum Gasteiger partial charge on any atom is -0.324 e. The highest BCUT2D eigenvalue weighted by molar-refractivity contribution is 7.22. The zero-order valence-corrected chi connectivity index (χ0v) is 7.77. The molecule has 0 aliphatic heterocycles. The molecule has 0 spiro atoms. The van der Waals surface area contributed by atoms with Gasteiger partial charge in [-0.25, -0.2) is 0 Å². The van der Waals surface area contributed by atoms with Crippen molar-refractivity contribution in [1.82, 2.24) is 4.57 Å². The lowest BCUT2D eigenvalue weighted by atomic mass is 10.4. The van der Waals surface area contributed by atoms with Crippen LogP contribution in [0.3, 0.4) is 0 Å². The van der Waals surface area contributed by atoms with Crippen LogP contribution in [0.1, 0.15) is 12.6 Å². The Morgan fingerprint density at radius 1 is 1.73 bits per heavy atom. The molecule has 0 fully saturated rings. The normalized spacial score (nSPS) is 11.6. The fraction of sp³-hybridized carbons (Fsp3) is 0.111. The third kappa shape index (κ3) is 2.06. The van der Waals surface area contributed by atoms with Gasteiger partial charge in [-0.2, -0.15) is 0 Å². The van der Waals surface area contributed by atoms with E-state index in [-0.39, 0.29) is 0 Å². The van der Waals surface area contributed by atoms with Crippen molar-refractivity contribution in [3.63, 3.8) is 0 Å². The summed E-state index contributed by atoms with van der Waals surface area (Å²) in [5.74, 6) is 0. The van der Waals surface area contributed by atoms with Crippen molar-refractivity contribution in [2.75, 3.05) is 0 Å². The summed E-state index contributed by atoms with van der Waals surface area (Å²) < 4.78 is 2.04. The molecule has 2 heteroatoms. The van der Waals surface area contributed by atoms with Crippen LogP contribution in [0.5, 0.6) is 0 Å². The lowest BCUT2D eigenvalue weighted by molar-refractivity contribution is 1.14. The summed E-state index contributed by atoms with van der Waals surface area (Å²) in [6.45, 7) is 5.75. The van der Waals surface area contributed by atoms with Crippen LogP contribution < -0.4 is 0 Å². The van der Waals surface area contributed by atoms with Gasteiger partial charge in [0.1, 0.15) is 0 Å². The van der Waals surface area contributed by atoms with Crippen LogP contribution in [0.2, 0.25) is 0 Å². The first-order chi connectivity index (χ1) is 5.24. The zero-order chi connectivity index (χ0) is 8.27. The first-order valence-electron chi connectivity index (χ1n) is 3.47. The van der Waals surface area contributed by atoms with E-state index in [2.05, 4.69) is 15.8 Å². The van der Waals surface area contributed by atoms with E-state index in [1.54, 1.807) is 0 Å². The zero-order valence-electron chi connectivity index (χ0n) is 6.62. The average molecular weight is 165 g/mol. The molecule has 1 nitrogen and oxygen atoms in total. The second-order valence-electron chi connectivity index (χ2n) is 2.42. The molecule has 1 heterocycles. The molecule has 1 unspecified atom stereocenters. The SMILES string of the molecule is C=Cc1cccn1/C=C(\C)P. The van der Waals surface area contributed by atoms with Crippen molar-refractivity contribution in [2.45, 2.75) is 6.92 Å². The van der Waals surface area contributed by atoms with Gasteiger partial charge in [0.2, 0.25) is 0 Å². The van der Waals surface area contributed by atoms with Crippen molar-refractivity contribution in [1.29, 1.82) is 0 Å². The molecular weight excluding hydrogens is 153 g/mol. The third-order valence-corrected chi connectivity index (χ3v) is 1.51. The number of hydrogen-bond donors (Lipinski definition) is 0. The summed E-state index contributed by atoms with van der Waals surface area (Å²) in [5.41, 5.74) is 1.12. The topological polar surface area (TPSA) is 4.93 Å². The predicted octanol–water partition coefficient (Wildman–Crippen LogP) is 2.82. The fourth-order valence-corrected chi connectivity index (χ4v) is 1.08. The highest BCUT2D eigenvalue weighted by Crippen LogP contribution is 2.09. The van der Waals surface area contributed by atoms with Gasteiger partial charge >= 0.3 is 0 Å². The van der Waals surface area contributed by atoms with Crippen molar-refractivity contribution in [2.24, 2.45) is 0 Å². The molecule has 1 rings (SSSR count). The van der Waals surface area contributed by atoms with Gasteiger partial charge in [0, 0.05) is 18.1 Å². The van der Waals surface area contributed by atoms with Crippen molar-refractivity contribution in [3.8, 4) is 0 Å². The Hall–Kier alpha value is -0.810. The second kappa shape index (κ2) is 3.54. The van der Waals surface area contributed by atoms with E-state index < -0.39 is 0 Å². The van der Waals surface area contributed by atoms with Gasteiger partial charge in [-0.15, -0.1) is 9.24 Å². The van der Waals surface area contributed by atoms with E-state index in [1.807, 2.05) is 42.1 Å². The second-order valence-corrected chi connectivity index (χ2v) is 3.33. The molecule has 58 valence electrons. The lowest BCUT2D eigenvalue weighted by Crippen LogP contribution is -1.85. The first kappa shape index (κ1) is 8.29. The highest BCUT2D eigenvalue weighted by Gasteiger charge is 1.90. The Morgan fingerprint density at radius 2 is 2.45 bits per heavy atom. The van der Waals surface area contributed by atoms with Crippen LogP contribution in [-0.4, -0.2) is 4.57 Å². The van der Waals surface area contributed by atoms with Gasteiger partial charge in [-0.05, 0) is 30.4 Å². The van der Waals surface area contributed by atoms with Gasteiger partial charge in [-0.3, -0.25) is 0 Å². The molecule has 0 N–H and O–H groups in total. The van der Waals surface area contributed by atoms with Gasteiger partial charge < -0.3 is 4.57 Å². The van der Waals surface area contributed by atoms with Crippen LogP contribution in [0.25, 0.3) is 12.3 Å². The van der Waals surface area contributed by atoms with Crippen molar-refractivity contribution in [3.05, 3.63) is 35.9 Å². The fourth-order valence-electron chi connectivity index (χ4n) is 0.917. The maximum atomic E-state index is 3.71. The maximum Gasteiger partial charge on any atom is 0.0444 e. The molecule has 0 radical (unpaired) electrons. The van der Waals surface area contributed by atoms with Gasteiger partial charge in [-0.1, -0.05) is 6.58 Å². The summed E-state index contributed by atoms with van der Waals surface area (Å²) in [6, 6.07) is 4.03. The third-order valence-electron chi connectivity index (χ3n) is 1.36. The Morgan fingerprint density at radius 3 is 3.00 bits per heavy atom. The van der Waals surface area contributed by atoms with Crippen LogP contribution in [0.15, 0.2) is 30.2 Å². The molecule has 0 amide bonds. The molecule has 0 saturated carbocycles. The molecule has 1 aromatic heterocycles. The number of hydrogen-bond acceptors (Lipinski definition) is 0. The molecule has 0 aliphatic carbocycles. The Labute approximate surface area is 69.6 Å². The largest absolute Gasteiger partial charge is 0.324 e. The molecule has 11 heavy (non-hydrogen) atoms. The Balaban J connectivity index is 3.03. The number of nitrogens with zero attached hydrogens (tertiary/aromatic N) is 1. The predicted molar refractivity (Wildman–Crippen MR) is 54.2 cm³/mol. The minimum absolute atomic E-state index is 1.12. The van der Waals surface area contributed by atoms with Crippen LogP contribution >= 0.6 is 9.24 Å². The van der Waals surface area contributed by atoms with E-state index in [0.717, 1.165) is 5.69 Å². The van der Waals surface area contributed by atoms with Crippen LogP contribution in [-0.2, 0) is 0 Å². The highest BCUT2D eigenvalue weighted by atomic mass is 31.0. The molecule has 0 aromatic carbocycles. The quantitative estimate of drug-likeness (QED) is 0.594. The molecule has 0 aliphatic rings. The number of allylic oxidation sites excluding steroid dienone is 1. The molecule has 1 atom stereocenters. The average Bonchev–Trinajstić information content (AvgIpc) is 2.34. The Kier molecular flexibility index (Phi) is 2.67. The Bertz CT molecular complexity index is 280. The summed E-state index contributed by atoms with van der Waals surface area (Å²) in [7, 11) is 2.65. The molecule has 0 bridgehead atoms. The monoisotopic (exact) mass is 165 g/mol. The summed E-state index contributed by atoms with van der Waals surface area (Å²) >= 11 is 0. The van der Waals surface area contributed by atoms with Gasteiger partial charge in [0.25, 0.3) is 0 Å². The van der Waals surface area contributed by atoms with Crippen LogP contribution in [0, 0.1) is 0 Å². The maximum absolute atomic E-state index is 3.71. The van der Waals surface area contributed by atoms with Crippen LogP contribution in [0.4, 0.5) is 0 Å². The molecule has 0 saturated heterocycles. The first-order valence-corrected chi connectivity index (χ1v) is 4.05. The van der Waals surface area contributed by atoms with Crippen molar-refractivity contribution < 1.29 is 0 Å². The van der Waals surface area contributed by atoms with Gasteiger partial charge in [0.05, 0.1) is 0 Å². The number of aromatic nitrogens is 1. The summed E-state index contributed by atoms with van der Waals surface area (Å²) in [5, 5.41) is 1.20. The van der Waals surface area contributed by atoms with E-state index in [1.165, 1.54) is 5.31 Å². The molecular formula is C9H12NP.